The third-order valence-electron chi connectivity index (χ3n) is 2.48. The Labute approximate surface area is 125 Å². The summed E-state index contributed by atoms with van der Waals surface area (Å²) in [5.74, 6) is 0. The number of carbonyl (C=O) groups is 1. The van der Waals surface area contributed by atoms with Gasteiger partial charge in [0.25, 0.3) is 0 Å². The third-order valence-corrected chi connectivity index (χ3v) is 4.23. The van der Waals surface area contributed by atoms with E-state index in [0.717, 1.165) is 9.88 Å². The Hall–Kier alpha value is -1.41. The third kappa shape index (κ3) is 4.61. The van der Waals surface area contributed by atoms with Crippen LogP contribution in [0.5, 0.6) is 0 Å². The topological polar surface area (TPSA) is 70.6 Å². The zero-order chi connectivity index (χ0) is 14.2. The van der Waals surface area contributed by atoms with Crippen LogP contribution in [-0.2, 0) is 4.74 Å². The van der Waals surface area contributed by atoms with E-state index in [4.69, 9.17) is 9.84 Å². The van der Waals surface area contributed by atoms with Crippen molar-refractivity contribution < 1.29 is 14.6 Å². The highest BCUT2D eigenvalue weighted by Crippen LogP contribution is 2.22. The second kappa shape index (κ2) is 8.01. The monoisotopic (exact) mass is 312 g/mol. The first-order valence-corrected chi connectivity index (χ1v) is 7.89. The lowest BCUT2D eigenvalue weighted by Crippen LogP contribution is -2.33. The van der Waals surface area contributed by atoms with Crippen molar-refractivity contribution in [3.63, 3.8) is 0 Å². The number of rotatable bonds is 7. The van der Waals surface area contributed by atoms with Crippen LogP contribution < -0.4 is 10.6 Å². The Kier molecular flexibility index (Phi) is 6.00. The molecule has 0 saturated heterocycles. The van der Waals surface area contributed by atoms with Crippen molar-refractivity contribution in [2.45, 2.75) is 6.10 Å². The molecule has 0 unspecified atom stereocenters. The largest absolute Gasteiger partial charge is 0.394 e. The first-order valence-electron chi connectivity index (χ1n) is 6.14. The minimum Gasteiger partial charge on any atom is -0.394 e. The molecule has 0 saturated carbocycles. The molecule has 2 amide bonds. The van der Waals surface area contributed by atoms with E-state index in [1.165, 1.54) is 11.3 Å². The minimum absolute atomic E-state index is 0.0384. The lowest BCUT2D eigenvalue weighted by Gasteiger charge is -2.16. The van der Waals surface area contributed by atoms with Crippen LogP contribution in [0.3, 0.4) is 0 Å². The number of urea groups is 1. The van der Waals surface area contributed by atoms with Crippen LogP contribution in [0.2, 0.25) is 0 Å². The van der Waals surface area contributed by atoms with Crippen molar-refractivity contribution >= 4 is 33.7 Å². The van der Waals surface area contributed by atoms with E-state index in [1.807, 2.05) is 35.0 Å². The first kappa shape index (κ1) is 15.0. The molecule has 2 aromatic heterocycles. The maximum absolute atomic E-state index is 11.7. The normalized spacial score (nSPS) is 12.1. The Morgan fingerprint density at radius 2 is 2.10 bits per heavy atom. The van der Waals surface area contributed by atoms with E-state index in [0.29, 0.717) is 6.54 Å². The molecule has 0 aromatic carbocycles. The Balaban J connectivity index is 1.83. The zero-order valence-corrected chi connectivity index (χ0v) is 12.4. The minimum atomic E-state index is -0.262. The van der Waals surface area contributed by atoms with Crippen LogP contribution in [0.15, 0.2) is 35.0 Å². The van der Waals surface area contributed by atoms with Crippen LogP contribution in [0, 0.1) is 0 Å². The molecule has 0 aliphatic heterocycles. The fourth-order valence-corrected chi connectivity index (χ4v) is 2.99. The lowest BCUT2D eigenvalue weighted by molar-refractivity contribution is 0.0316. The SMILES string of the molecule is O=C(NC[C@@H](OCCO)c1cccs1)Nc1cccs1. The van der Waals surface area contributed by atoms with E-state index >= 15 is 0 Å². The summed E-state index contributed by atoms with van der Waals surface area (Å²) >= 11 is 3.03. The van der Waals surface area contributed by atoms with E-state index in [2.05, 4.69) is 10.6 Å². The molecule has 2 aromatic rings. The number of aliphatic hydroxyl groups excluding tert-OH is 1. The van der Waals surface area contributed by atoms with E-state index in [9.17, 15) is 4.79 Å². The van der Waals surface area contributed by atoms with Gasteiger partial charge < -0.3 is 15.2 Å². The number of hydrogen-bond acceptors (Lipinski definition) is 5. The highest BCUT2D eigenvalue weighted by Gasteiger charge is 2.14. The van der Waals surface area contributed by atoms with Gasteiger partial charge in [0, 0.05) is 4.88 Å². The maximum Gasteiger partial charge on any atom is 0.319 e. The predicted octanol–water partition coefficient (Wildman–Crippen LogP) is 2.68. The van der Waals surface area contributed by atoms with Crippen LogP contribution >= 0.6 is 22.7 Å². The summed E-state index contributed by atoms with van der Waals surface area (Å²) in [6.45, 7) is 0.567. The van der Waals surface area contributed by atoms with Gasteiger partial charge in [-0.15, -0.1) is 22.7 Å². The summed E-state index contributed by atoms with van der Waals surface area (Å²) in [4.78, 5) is 12.8. The van der Waals surface area contributed by atoms with Crippen molar-refractivity contribution in [2.24, 2.45) is 0 Å². The summed E-state index contributed by atoms with van der Waals surface area (Å²) in [6.07, 6.45) is -0.240. The molecular weight excluding hydrogens is 296 g/mol. The summed E-state index contributed by atoms with van der Waals surface area (Å²) in [7, 11) is 0. The molecule has 5 nitrogen and oxygen atoms in total. The van der Waals surface area contributed by atoms with Crippen molar-refractivity contribution in [2.75, 3.05) is 25.1 Å². The van der Waals surface area contributed by atoms with Gasteiger partial charge in [0.15, 0.2) is 0 Å². The smallest absolute Gasteiger partial charge is 0.319 e. The number of anilines is 1. The number of nitrogens with one attached hydrogen (secondary N) is 2. The molecule has 0 aliphatic rings. The predicted molar refractivity (Wildman–Crippen MR) is 81.4 cm³/mol. The highest BCUT2D eigenvalue weighted by atomic mass is 32.1. The molecule has 0 spiro atoms. The van der Waals surface area contributed by atoms with Gasteiger partial charge in [0.05, 0.1) is 24.8 Å². The Morgan fingerprint density at radius 3 is 2.75 bits per heavy atom. The molecule has 20 heavy (non-hydrogen) atoms. The molecule has 0 fully saturated rings. The first-order chi connectivity index (χ1) is 9.79. The number of carbonyl (C=O) groups excluding carboxylic acids is 1. The number of thiophene rings is 2. The Morgan fingerprint density at radius 1 is 1.30 bits per heavy atom. The number of amides is 2. The Bertz CT molecular complexity index is 500. The molecule has 0 radical (unpaired) electrons. The lowest BCUT2D eigenvalue weighted by atomic mass is 10.3. The van der Waals surface area contributed by atoms with Gasteiger partial charge in [-0.2, -0.15) is 0 Å². The average molecular weight is 312 g/mol. The van der Waals surface area contributed by atoms with E-state index in [1.54, 1.807) is 11.3 Å². The molecule has 3 N–H and O–H groups in total. The van der Waals surface area contributed by atoms with Gasteiger partial charge in [-0.1, -0.05) is 6.07 Å². The van der Waals surface area contributed by atoms with Crippen molar-refractivity contribution in [3.8, 4) is 0 Å². The quantitative estimate of drug-likeness (QED) is 0.736. The number of hydrogen-bond donors (Lipinski definition) is 3. The maximum atomic E-state index is 11.7. The molecule has 108 valence electrons. The zero-order valence-electron chi connectivity index (χ0n) is 10.7. The van der Waals surface area contributed by atoms with Gasteiger partial charge in [-0.05, 0) is 29.0 Å². The molecule has 0 bridgehead atoms. The molecule has 0 aliphatic carbocycles. The van der Waals surface area contributed by atoms with Crippen LogP contribution in [0.25, 0.3) is 0 Å². The molecular formula is C13H16N2O3S2. The number of aliphatic hydroxyl groups is 1. The van der Waals surface area contributed by atoms with E-state index < -0.39 is 0 Å². The van der Waals surface area contributed by atoms with Crippen LogP contribution in [-0.4, -0.2) is 30.9 Å². The number of ether oxygens (including phenoxy) is 1. The fourth-order valence-electron chi connectivity index (χ4n) is 1.60. The van der Waals surface area contributed by atoms with Gasteiger partial charge in [0.2, 0.25) is 0 Å². The fraction of sp³-hybridized carbons (Fsp3) is 0.308. The van der Waals surface area contributed by atoms with Gasteiger partial charge >= 0.3 is 6.03 Å². The average Bonchev–Trinajstić information content (AvgIpc) is 3.11. The van der Waals surface area contributed by atoms with Crippen molar-refractivity contribution in [1.29, 1.82) is 0 Å². The molecule has 1 atom stereocenters. The summed E-state index contributed by atoms with van der Waals surface area (Å²) in [5.41, 5.74) is 0. The molecule has 2 heterocycles. The second-order valence-electron chi connectivity index (χ2n) is 3.91. The molecule has 2 rings (SSSR count). The standard InChI is InChI=1S/C13H16N2O3S2/c16-5-6-18-10(11-3-1-7-19-11)9-14-13(17)15-12-4-2-8-20-12/h1-4,7-8,10,16H,5-6,9H2,(H2,14,15,17)/t10-/m1/s1. The van der Waals surface area contributed by atoms with Gasteiger partial charge in [0.1, 0.15) is 6.10 Å². The summed E-state index contributed by atoms with van der Waals surface area (Å²) < 4.78 is 5.54. The van der Waals surface area contributed by atoms with Crippen LogP contribution in [0.4, 0.5) is 9.80 Å². The van der Waals surface area contributed by atoms with Crippen molar-refractivity contribution in [3.05, 3.63) is 39.9 Å². The van der Waals surface area contributed by atoms with E-state index in [-0.39, 0.29) is 25.3 Å². The van der Waals surface area contributed by atoms with Crippen molar-refractivity contribution in [1.82, 2.24) is 5.32 Å². The summed E-state index contributed by atoms with van der Waals surface area (Å²) in [6, 6.07) is 7.33. The van der Waals surface area contributed by atoms with Gasteiger partial charge in [-0.3, -0.25) is 5.32 Å². The van der Waals surface area contributed by atoms with Crippen LogP contribution in [0.1, 0.15) is 11.0 Å². The summed E-state index contributed by atoms with van der Waals surface area (Å²) in [5, 5.41) is 19.0. The highest BCUT2D eigenvalue weighted by molar-refractivity contribution is 7.14. The second-order valence-corrected chi connectivity index (χ2v) is 5.84. The van der Waals surface area contributed by atoms with Gasteiger partial charge in [-0.25, -0.2) is 4.79 Å². The molecule has 7 heteroatoms.